The molecular weight excluding hydrogens is 293 g/mol. The molecule has 0 atom stereocenters. The molecule has 0 aromatic heterocycles. The Morgan fingerprint density at radius 3 is 2.33 bits per heavy atom. The lowest BCUT2D eigenvalue weighted by molar-refractivity contribution is 0.275. The first-order valence-corrected chi connectivity index (χ1v) is 6.75. The van der Waals surface area contributed by atoms with Crippen molar-refractivity contribution in [3.05, 3.63) is 69.4 Å². The van der Waals surface area contributed by atoms with Crippen LogP contribution >= 0.6 is 15.9 Å². The van der Waals surface area contributed by atoms with E-state index < -0.39 is 0 Å². The summed E-state index contributed by atoms with van der Waals surface area (Å²) in [5.74, 6) is -0.191. The van der Waals surface area contributed by atoms with Crippen LogP contribution in [0.3, 0.4) is 0 Å². The van der Waals surface area contributed by atoms with E-state index in [0.29, 0.717) is 4.47 Å². The van der Waals surface area contributed by atoms with Crippen molar-refractivity contribution >= 4 is 15.9 Å². The first-order valence-electron chi connectivity index (χ1n) is 5.95. The summed E-state index contributed by atoms with van der Waals surface area (Å²) >= 11 is 3.18. The molecule has 0 saturated heterocycles. The molecule has 1 aliphatic rings. The van der Waals surface area contributed by atoms with Gasteiger partial charge in [-0.2, -0.15) is 0 Å². The molecule has 3 heteroatoms. The van der Waals surface area contributed by atoms with Gasteiger partial charge in [-0.05, 0) is 44.8 Å². The van der Waals surface area contributed by atoms with Gasteiger partial charge in [-0.1, -0.05) is 30.3 Å². The summed E-state index contributed by atoms with van der Waals surface area (Å²) in [5, 5.41) is 0. The normalized spacial score (nSPS) is 14.8. The molecule has 0 amide bonds. The van der Waals surface area contributed by atoms with Crippen molar-refractivity contribution in [2.75, 3.05) is 0 Å². The zero-order valence-electron chi connectivity index (χ0n) is 9.87. The molecule has 0 fully saturated rings. The standard InChI is InChI=1S/C15H13BrFN/c16-14-6-5-11(7-15(14)17)8-18-9-12-3-1-2-4-13(12)10-18/h1-7H,8-10H2. The maximum absolute atomic E-state index is 13.5. The fourth-order valence-electron chi connectivity index (χ4n) is 2.41. The summed E-state index contributed by atoms with van der Waals surface area (Å²) in [5.41, 5.74) is 3.79. The van der Waals surface area contributed by atoms with Crippen molar-refractivity contribution in [3.8, 4) is 0 Å². The number of halogens is 2. The van der Waals surface area contributed by atoms with Crippen LogP contribution in [0.2, 0.25) is 0 Å². The fourth-order valence-corrected chi connectivity index (χ4v) is 2.66. The first kappa shape index (κ1) is 11.9. The van der Waals surface area contributed by atoms with Gasteiger partial charge in [0.25, 0.3) is 0 Å². The maximum Gasteiger partial charge on any atom is 0.137 e. The van der Waals surface area contributed by atoms with Crippen LogP contribution < -0.4 is 0 Å². The van der Waals surface area contributed by atoms with Gasteiger partial charge >= 0.3 is 0 Å². The first-order chi connectivity index (χ1) is 8.72. The number of nitrogens with zero attached hydrogens (tertiary/aromatic N) is 1. The van der Waals surface area contributed by atoms with Gasteiger partial charge in [0.1, 0.15) is 5.82 Å². The second-order valence-electron chi connectivity index (χ2n) is 4.66. The molecular formula is C15H13BrFN. The quantitative estimate of drug-likeness (QED) is 0.807. The molecule has 0 aliphatic carbocycles. The van der Waals surface area contributed by atoms with E-state index in [9.17, 15) is 4.39 Å². The smallest absolute Gasteiger partial charge is 0.137 e. The Kier molecular flexibility index (Phi) is 3.18. The Bertz CT molecular complexity index is 557. The van der Waals surface area contributed by atoms with E-state index in [4.69, 9.17) is 0 Å². The molecule has 3 rings (SSSR count). The number of fused-ring (bicyclic) bond motifs is 1. The van der Waals surface area contributed by atoms with E-state index in [1.165, 1.54) is 11.1 Å². The minimum atomic E-state index is -0.191. The summed E-state index contributed by atoms with van der Waals surface area (Å²) < 4.78 is 14.0. The molecule has 0 radical (unpaired) electrons. The Balaban J connectivity index is 1.74. The second-order valence-corrected chi connectivity index (χ2v) is 5.52. The maximum atomic E-state index is 13.5. The second kappa shape index (κ2) is 4.82. The van der Waals surface area contributed by atoms with Crippen LogP contribution in [-0.4, -0.2) is 4.90 Å². The highest BCUT2D eigenvalue weighted by Gasteiger charge is 2.18. The van der Waals surface area contributed by atoms with Gasteiger partial charge in [0.05, 0.1) is 4.47 Å². The lowest BCUT2D eigenvalue weighted by Gasteiger charge is -2.14. The van der Waals surface area contributed by atoms with Crippen molar-refractivity contribution in [2.24, 2.45) is 0 Å². The SMILES string of the molecule is Fc1cc(CN2Cc3ccccc3C2)ccc1Br. The Hall–Kier alpha value is -1.19. The molecule has 2 aromatic rings. The van der Waals surface area contributed by atoms with Crippen LogP contribution in [0.25, 0.3) is 0 Å². The van der Waals surface area contributed by atoms with Crippen LogP contribution in [0.4, 0.5) is 4.39 Å². The van der Waals surface area contributed by atoms with Crippen molar-refractivity contribution in [1.29, 1.82) is 0 Å². The van der Waals surface area contributed by atoms with Gasteiger partial charge in [-0.25, -0.2) is 4.39 Å². The Labute approximate surface area is 114 Å². The summed E-state index contributed by atoms with van der Waals surface area (Å²) in [6.07, 6.45) is 0. The molecule has 1 nitrogen and oxygen atoms in total. The number of hydrogen-bond acceptors (Lipinski definition) is 1. The average Bonchev–Trinajstić information content (AvgIpc) is 2.76. The Morgan fingerprint density at radius 2 is 1.72 bits per heavy atom. The zero-order chi connectivity index (χ0) is 12.5. The molecule has 0 unspecified atom stereocenters. The van der Waals surface area contributed by atoms with Crippen molar-refractivity contribution in [1.82, 2.24) is 4.90 Å². The molecule has 1 aliphatic heterocycles. The summed E-state index contributed by atoms with van der Waals surface area (Å²) in [4.78, 5) is 2.33. The van der Waals surface area contributed by atoms with E-state index in [1.807, 2.05) is 6.07 Å². The molecule has 0 bridgehead atoms. The van der Waals surface area contributed by atoms with Crippen molar-refractivity contribution in [2.45, 2.75) is 19.6 Å². The molecule has 0 N–H and O–H groups in total. The van der Waals surface area contributed by atoms with Crippen molar-refractivity contribution in [3.63, 3.8) is 0 Å². The van der Waals surface area contributed by atoms with Crippen LogP contribution in [0, 0.1) is 5.82 Å². The number of benzene rings is 2. The van der Waals surface area contributed by atoms with Crippen LogP contribution in [0.1, 0.15) is 16.7 Å². The van der Waals surface area contributed by atoms with Crippen LogP contribution in [0.15, 0.2) is 46.9 Å². The third kappa shape index (κ3) is 2.33. The van der Waals surface area contributed by atoms with Crippen molar-refractivity contribution < 1.29 is 4.39 Å². The van der Waals surface area contributed by atoms with Gasteiger partial charge in [-0.3, -0.25) is 4.90 Å². The molecule has 18 heavy (non-hydrogen) atoms. The van der Waals surface area contributed by atoms with Gasteiger partial charge in [0, 0.05) is 19.6 Å². The van der Waals surface area contributed by atoms with E-state index in [1.54, 1.807) is 12.1 Å². The number of rotatable bonds is 2. The predicted molar refractivity (Wildman–Crippen MR) is 73.5 cm³/mol. The molecule has 92 valence electrons. The molecule has 0 saturated carbocycles. The summed E-state index contributed by atoms with van der Waals surface area (Å²) in [6, 6.07) is 13.8. The van der Waals surface area contributed by atoms with E-state index >= 15 is 0 Å². The van der Waals surface area contributed by atoms with E-state index in [0.717, 1.165) is 25.2 Å². The van der Waals surface area contributed by atoms with Gasteiger partial charge in [-0.15, -0.1) is 0 Å². The summed E-state index contributed by atoms with van der Waals surface area (Å²) in [7, 11) is 0. The molecule has 0 spiro atoms. The predicted octanol–water partition coefficient (Wildman–Crippen LogP) is 4.10. The number of hydrogen-bond donors (Lipinski definition) is 0. The average molecular weight is 306 g/mol. The van der Waals surface area contributed by atoms with E-state index in [-0.39, 0.29) is 5.82 Å². The third-order valence-electron chi connectivity index (χ3n) is 3.30. The van der Waals surface area contributed by atoms with Gasteiger partial charge < -0.3 is 0 Å². The zero-order valence-corrected chi connectivity index (χ0v) is 11.5. The lowest BCUT2D eigenvalue weighted by atomic mass is 10.1. The molecule has 1 heterocycles. The highest BCUT2D eigenvalue weighted by molar-refractivity contribution is 9.10. The van der Waals surface area contributed by atoms with Gasteiger partial charge in [0.15, 0.2) is 0 Å². The highest BCUT2D eigenvalue weighted by Crippen LogP contribution is 2.25. The van der Waals surface area contributed by atoms with E-state index in [2.05, 4.69) is 45.1 Å². The fraction of sp³-hybridized carbons (Fsp3) is 0.200. The highest BCUT2D eigenvalue weighted by atomic mass is 79.9. The minimum absolute atomic E-state index is 0.191. The topological polar surface area (TPSA) is 3.24 Å². The Morgan fingerprint density at radius 1 is 1.06 bits per heavy atom. The van der Waals surface area contributed by atoms with Crippen LogP contribution in [0.5, 0.6) is 0 Å². The summed E-state index contributed by atoms with van der Waals surface area (Å²) in [6.45, 7) is 2.70. The van der Waals surface area contributed by atoms with Crippen LogP contribution in [-0.2, 0) is 19.6 Å². The van der Waals surface area contributed by atoms with Gasteiger partial charge in [0.2, 0.25) is 0 Å². The monoisotopic (exact) mass is 305 g/mol. The minimum Gasteiger partial charge on any atom is -0.291 e. The third-order valence-corrected chi connectivity index (χ3v) is 3.94. The lowest BCUT2D eigenvalue weighted by Crippen LogP contribution is -2.15. The largest absolute Gasteiger partial charge is 0.291 e. The molecule has 2 aromatic carbocycles.